The first-order valence-corrected chi connectivity index (χ1v) is 7.17. The maximum absolute atomic E-state index is 12.0. The number of carbonyl (C=O) groups is 1. The maximum atomic E-state index is 12.0. The van der Waals surface area contributed by atoms with Crippen LogP contribution in [0.1, 0.15) is 36.1 Å². The highest BCUT2D eigenvalue weighted by molar-refractivity contribution is 9.09. The van der Waals surface area contributed by atoms with Gasteiger partial charge in [0.25, 0.3) is 5.91 Å². The van der Waals surface area contributed by atoms with Gasteiger partial charge in [-0.3, -0.25) is 4.79 Å². The van der Waals surface area contributed by atoms with Crippen LogP contribution in [0.2, 0.25) is 0 Å². The molecule has 0 bridgehead atoms. The zero-order valence-electron chi connectivity index (χ0n) is 9.66. The smallest absolute Gasteiger partial charge is 0.265 e. The second-order valence-corrected chi connectivity index (χ2v) is 5.28. The minimum atomic E-state index is -0.0648. The highest BCUT2D eigenvalue weighted by atomic mass is 79.9. The average molecular weight is 306 g/mol. The third kappa shape index (κ3) is 3.25. The molecule has 1 unspecified atom stereocenters. The molecule has 0 radical (unpaired) electrons. The summed E-state index contributed by atoms with van der Waals surface area (Å²) in [5.41, 5.74) is 0.777. The Bertz CT molecular complexity index is 354. The minimum absolute atomic E-state index is 0.0648. The molecule has 90 valence electrons. The molecule has 0 fully saturated rings. The fourth-order valence-electron chi connectivity index (χ4n) is 1.23. The van der Waals surface area contributed by atoms with Crippen molar-refractivity contribution in [1.82, 2.24) is 14.9 Å². The van der Waals surface area contributed by atoms with Crippen molar-refractivity contribution < 1.29 is 4.79 Å². The second kappa shape index (κ2) is 6.30. The standard InChI is InChI=1S/C10H16BrN3OS/c1-4-7-9(16-14-13-7)10(15)12-8(5-11)6(2)3/h6,8H,4-5H2,1-3H3,(H,12,15). The maximum Gasteiger partial charge on any atom is 0.265 e. The molecule has 0 saturated heterocycles. The summed E-state index contributed by atoms with van der Waals surface area (Å²) in [4.78, 5) is 12.6. The van der Waals surface area contributed by atoms with E-state index in [-0.39, 0.29) is 11.9 Å². The van der Waals surface area contributed by atoms with E-state index in [4.69, 9.17) is 0 Å². The largest absolute Gasteiger partial charge is 0.347 e. The van der Waals surface area contributed by atoms with E-state index in [1.54, 1.807) is 0 Å². The number of aryl methyl sites for hydroxylation is 1. The van der Waals surface area contributed by atoms with Crippen LogP contribution in [0.25, 0.3) is 0 Å². The van der Waals surface area contributed by atoms with Gasteiger partial charge in [-0.05, 0) is 23.9 Å². The first-order valence-electron chi connectivity index (χ1n) is 5.28. The number of nitrogens with zero attached hydrogens (tertiary/aromatic N) is 2. The summed E-state index contributed by atoms with van der Waals surface area (Å²) in [6, 6.07) is 0.138. The summed E-state index contributed by atoms with van der Waals surface area (Å²) in [6.07, 6.45) is 0.736. The van der Waals surface area contributed by atoms with Crippen molar-refractivity contribution in [2.75, 3.05) is 5.33 Å². The molecule has 1 atom stereocenters. The second-order valence-electron chi connectivity index (χ2n) is 3.88. The van der Waals surface area contributed by atoms with Gasteiger partial charge in [-0.1, -0.05) is 41.2 Å². The number of halogens is 1. The number of hydrogen-bond acceptors (Lipinski definition) is 4. The van der Waals surface area contributed by atoms with E-state index in [0.717, 1.165) is 29.0 Å². The fourth-order valence-corrected chi connectivity index (χ4v) is 2.79. The van der Waals surface area contributed by atoms with Gasteiger partial charge in [0.2, 0.25) is 0 Å². The molecular formula is C10H16BrN3OS. The van der Waals surface area contributed by atoms with Crippen LogP contribution < -0.4 is 5.32 Å². The highest BCUT2D eigenvalue weighted by Gasteiger charge is 2.20. The summed E-state index contributed by atoms with van der Waals surface area (Å²) in [6.45, 7) is 6.13. The topological polar surface area (TPSA) is 54.9 Å². The van der Waals surface area contributed by atoms with Crippen LogP contribution in [0.5, 0.6) is 0 Å². The molecule has 6 heteroatoms. The third-order valence-electron chi connectivity index (χ3n) is 2.38. The lowest BCUT2D eigenvalue weighted by Gasteiger charge is -2.19. The monoisotopic (exact) mass is 305 g/mol. The van der Waals surface area contributed by atoms with E-state index >= 15 is 0 Å². The summed E-state index contributed by atoms with van der Waals surface area (Å²) >= 11 is 4.56. The van der Waals surface area contributed by atoms with E-state index in [9.17, 15) is 4.79 Å². The van der Waals surface area contributed by atoms with Crippen molar-refractivity contribution in [2.45, 2.75) is 33.2 Å². The fraction of sp³-hybridized carbons (Fsp3) is 0.700. The molecule has 1 rings (SSSR count). The first kappa shape index (κ1) is 13.6. The SMILES string of the molecule is CCc1nnsc1C(=O)NC(CBr)C(C)C. The molecule has 0 aliphatic rings. The molecule has 1 N–H and O–H groups in total. The summed E-state index contributed by atoms with van der Waals surface area (Å²) in [5, 5.41) is 7.67. The number of hydrogen-bond donors (Lipinski definition) is 1. The predicted octanol–water partition coefficient (Wildman–Crippen LogP) is 2.25. The Hall–Kier alpha value is -0.490. The van der Waals surface area contributed by atoms with Gasteiger partial charge in [-0.15, -0.1) is 5.10 Å². The molecule has 0 spiro atoms. The molecule has 1 aromatic rings. The lowest BCUT2D eigenvalue weighted by Crippen LogP contribution is -2.39. The van der Waals surface area contributed by atoms with E-state index in [2.05, 4.69) is 44.7 Å². The molecular weight excluding hydrogens is 290 g/mol. The number of nitrogens with one attached hydrogen (secondary N) is 1. The Morgan fingerprint density at radius 2 is 2.25 bits per heavy atom. The molecule has 1 amide bonds. The molecule has 1 aromatic heterocycles. The van der Waals surface area contributed by atoms with Crippen molar-refractivity contribution >= 4 is 33.4 Å². The summed E-state index contributed by atoms with van der Waals surface area (Å²) < 4.78 is 3.81. The molecule has 1 heterocycles. The van der Waals surface area contributed by atoms with Gasteiger partial charge >= 0.3 is 0 Å². The zero-order chi connectivity index (χ0) is 12.1. The van der Waals surface area contributed by atoms with Crippen molar-refractivity contribution in [1.29, 1.82) is 0 Å². The van der Waals surface area contributed by atoms with Gasteiger partial charge in [0.1, 0.15) is 4.88 Å². The Kier molecular flexibility index (Phi) is 5.34. The van der Waals surface area contributed by atoms with Crippen LogP contribution in [0.4, 0.5) is 0 Å². The van der Waals surface area contributed by atoms with Crippen molar-refractivity contribution in [2.24, 2.45) is 5.92 Å². The van der Waals surface area contributed by atoms with Crippen molar-refractivity contribution in [3.05, 3.63) is 10.6 Å². The van der Waals surface area contributed by atoms with E-state index < -0.39 is 0 Å². The lowest BCUT2D eigenvalue weighted by molar-refractivity contribution is 0.0935. The molecule has 0 aliphatic heterocycles. The van der Waals surface area contributed by atoms with Crippen LogP contribution in [0.3, 0.4) is 0 Å². The van der Waals surface area contributed by atoms with E-state index in [1.807, 2.05) is 6.92 Å². The molecule has 4 nitrogen and oxygen atoms in total. The Morgan fingerprint density at radius 1 is 1.56 bits per heavy atom. The Balaban J connectivity index is 2.71. The summed E-state index contributed by atoms with van der Waals surface area (Å²) in [7, 11) is 0. The van der Waals surface area contributed by atoms with Crippen LogP contribution in [0, 0.1) is 5.92 Å². The number of alkyl halides is 1. The van der Waals surface area contributed by atoms with Gasteiger partial charge in [-0.25, -0.2) is 0 Å². The predicted molar refractivity (Wildman–Crippen MR) is 69.2 cm³/mol. The zero-order valence-corrected chi connectivity index (χ0v) is 12.1. The van der Waals surface area contributed by atoms with Crippen LogP contribution in [-0.2, 0) is 6.42 Å². The Morgan fingerprint density at radius 3 is 2.75 bits per heavy atom. The van der Waals surface area contributed by atoms with Gasteiger partial charge in [0.05, 0.1) is 5.69 Å². The highest BCUT2D eigenvalue weighted by Crippen LogP contribution is 2.13. The molecule has 16 heavy (non-hydrogen) atoms. The van der Waals surface area contributed by atoms with Crippen LogP contribution in [0.15, 0.2) is 0 Å². The van der Waals surface area contributed by atoms with E-state index in [0.29, 0.717) is 10.8 Å². The lowest BCUT2D eigenvalue weighted by atomic mass is 10.1. The quantitative estimate of drug-likeness (QED) is 0.849. The van der Waals surface area contributed by atoms with Gasteiger partial charge in [-0.2, -0.15) is 0 Å². The number of aromatic nitrogens is 2. The third-order valence-corrected chi connectivity index (χ3v) is 3.85. The number of amides is 1. The molecule has 0 aliphatic carbocycles. The number of carbonyl (C=O) groups excluding carboxylic acids is 1. The van der Waals surface area contributed by atoms with Crippen molar-refractivity contribution in [3.63, 3.8) is 0 Å². The first-order chi connectivity index (χ1) is 7.60. The van der Waals surface area contributed by atoms with Crippen molar-refractivity contribution in [3.8, 4) is 0 Å². The van der Waals surface area contributed by atoms with Gasteiger partial charge in [0.15, 0.2) is 0 Å². The minimum Gasteiger partial charge on any atom is -0.347 e. The molecule has 0 saturated carbocycles. The normalized spacial score (nSPS) is 12.8. The number of rotatable bonds is 5. The van der Waals surface area contributed by atoms with Gasteiger partial charge < -0.3 is 5.32 Å². The van der Waals surface area contributed by atoms with E-state index in [1.165, 1.54) is 0 Å². The van der Waals surface area contributed by atoms with Crippen LogP contribution in [-0.4, -0.2) is 26.9 Å². The van der Waals surface area contributed by atoms with Gasteiger partial charge in [0, 0.05) is 11.4 Å². The Labute approximate surface area is 108 Å². The van der Waals surface area contributed by atoms with Crippen LogP contribution >= 0.6 is 27.5 Å². The average Bonchev–Trinajstić information content (AvgIpc) is 2.72. The molecule has 0 aromatic carbocycles. The summed E-state index contributed by atoms with van der Waals surface area (Å²) in [5.74, 6) is 0.333.